The zero-order valence-electron chi connectivity index (χ0n) is 13.7. The molecule has 5 nitrogen and oxygen atoms in total. The van der Waals surface area contributed by atoms with E-state index in [1.165, 1.54) is 0 Å². The molecule has 0 unspecified atom stereocenters. The molecule has 0 radical (unpaired) electrons. The molecule has 0 atom stereocenters. The quantitative estimate of drug-likeness (QED) is 0.796. The van der Waals surface area contributed by atoms with E-state index in [0.717, 1.165) is 37.4 Å². The number of carbonyl (C=O) groups excluding carboxylic acids is 1. The number of carbonyl (C=O) groups is 1. The van der Waals surface area contributed by atoms with Crippen LogP contribution in [-0.2, 0) is 4.79 Å². The van der Waals surface area contributed by atoms with Crippen LogP contribution in [0.15, 0.2) is 42.6 Å². The van der Waals surface area contributed by atoms with Gasteiger partial charge in [0, 0.05) is 37.4 Å². The number of aromatic nitrogens is 2. The Hall–Kier alpha value is -2.14. The van der Waals surface area contributed by atoms with Crippen molar-refractivity contribution in [2.75, 3.05) is 22.9 Å². The molecule has 1 fully saturated rings. The summed E-state index contributed by atoms with van der Waals surface area (Å²) in [7, 11) is 0. The lowest BCUT2D eigenvalue weighted by molar-refractivity contribution is -0.118. The average molecular weight is 345 g/mol. The van der Waals surface area contributed by atoms with Gasteiger partial charge in [-0.1, -0.05) is 25.1 Å². The Kier molecular flexibility index (Phi) is 5.30. The Morgan fingerprint density at radius 3 is 2.58 bits per heavy atom. The SMILES string of the molecule is CCC(=O)N(c1ccccc1)C1CCN(c2ccnc(Cl)n2)CC1. The van der Waals surface area contributed by atoms with Crippen LogP contribution in [0.3, 0.4) is 0 Å². The number of benzene rings is 1. The van der Waals surface area contributed by atoms with E-state index >= 15 is 0 Å². The van der Waals surface area contributed by atoms with Crippen LogP contribution in [0.1, 0.15) is 26.2 Å². The highest BCUT2D eigenvalue weighted by atomic mass is 35.5. The van der Waals surface area contributed by atoms with Gasteiger partial charge in [-0.25, -0.2) is 9.97 Å². The number of nitrogens with zero attached hydrogens (tertiary/aromatic N) is 4. The predicted molar refractivity (Wildman–Crippen MR) is 96.5 cm³/mol. The summed E-state index contributed by atoms with van der Waals surface area (Å²) < 4.78 is 0. The van der Waals surface area contributed by atoms with Crippen LogP contribution < -0.4 is 9.80 Å². The minimum absolute atomic E-state index is 0.171. The Morgan fingerprint density at radius 2 is 1.96 bits per heavy atom. The fourth-order valence-electron chi connectivity index (χ4n) is 3.17. The van der Waals surface area contributed by atoms with E-state index in [4.69, 9.17) is 11.6 Å². The number of halogens is 1. The van der Waals surface area contributed by atoms with Crippen LogP contribution in [0.2, 0.25) is 5.28 Å². The second-order valence-electron chi connectivity index (χ2n) is 5.85. The molecule has 0 bridgehead atoms. The van der Waals surface area contributed by atoms with Gasteiger partial charge in [-0.05, 0) is 42.6 Å². The number of para-hydroxylation sites is 1. The van der Waals surface area contributed by atoms with Crippen molar-refractivity contribution in [3.8, 4) is 0 Å². The van der Waals surface area contributed by atoms with E-state index in [0.29, 0.717) is 6.42 Å². The largest absolute Gasteiger partial charge is 0.356 e. The highest BCUT2D eigenvalue weighted by molar-refractivity contribution is 6.28. The van der Waals surface area contributed by atoms with Gasteiger partial charge in [0.25, 0.3) is 0 Å². The standard InChI is InChI=1S/C18H21ClN4O/c1-2-17(24)23(14-6-4-3-5-7-14)15-9-12-22(13-10-15)16-8-11-20-18(19)21-16/h3-8,11,15H,2,9-10,12-13H2,1H3. The molecular formula is C18H21ClN4O. The van der Waals surface area contributed by atoms with Crippen molar-refractivity contribution in [3.63, 3.8) is 0 Å². The predicted octanol–water partition coefficient (Wildman–Crippen LogP) is 3.54. The molecule has 126 valence electrons. The maximum atomic E-state index is 12.5. The van der Waals surface area contributed by atoms with E-state index in [1.807, 2.05) is 48.2 Å². The van der Waals surface area contributed by atoms with Gasteiger partial charge in [0.2, 0.25) is 11.2 Å². The lowest BCUT2D eigenvalue weighted by atomic mass is 10.0. The maximum Gasteiger partial charge on any atom is 0.226 e. The van der Waals surface area contributed by atoms with E-state index in [1.54, 1.807) is 6.20 Å². The molecule has 24 heavy (non-hydrogen) atoms. The molecule has 0 N–H and O–H groups in total. The van der Waals surface area contributed by atoms with Gasteiger partial charge in [-0.3, -0.25) is 4.79 Å². The summed E-state index contributed by atoms with van der Waals surface area (Å²) >= 11 is 5.88. The van der Waals surface area contributed by atoms with Gasteiger partial charge in [-0.2, -0.15) is 0 Å². The summed E-state index contributed by atoms with van der Waals surface area (Å²) in [5, 5.41) is 0.265. The lowest BCUT2D eigenvalue weighted by Crippen LogP contribution is -2.47. The number of amides is 1. The normalized spacial score (nSPS) is 15.3. The van der Waals surface area contributed by atoms with Crippen molar-refractivity contribution in [1.29, 1.82) is 0 Å². The molecule has 0 aliphatic carbocycles. The number of piperidine rings is 1. The van der Waals surface area contributed by atoms with Gasteiger partial charge >= 0.3 is 0 Å². The first-order chi connectivity index (χ1) is 11.7. The van der Waals surface area contributed by atoms with Crippen molar-refractivity contribution in [3.05, 3.63) is 47.9 Å². The molecule has 1 aromatic heterocycles. The van der Waals surface area contributed by atoms with Crippen LogP contribution in [0.4, 0.5) is 11.5 Å². The molecule has 1 aliphatic rings. The Balaban J connectivity index is 1.73. The third-order valence-corrected chi connectivity index (χ3v) is 4.55. The van der Waals surface area contributed by atoms with Crippen molar-refractivity contribution < 1.29 is 4.79 Å². The maximum absolute atomic E-state index is 12.5. The second kappa shape index (κ2) is 7.62. The summed E-state index contributed by atoms with van der Waals surface area (Å²) in [6.45, 7) is 3.60. The van der Waals surface area contributed by atoms with Gasteiger partial charge in [0.05, 0.1) is 0 Å². The number of hydrogen-bond donors (Lipinski definition) is 0. The smallest absolute Gasteiger partial charge is 0.226 e. The highest BCUT2D eigenvalue weighted by Crippen LogP contribution is 2.26. The fraction of sp³-hybridized carbons (Fsp3) is 0.389. The molecule has 2 aromatic rings. The van der Waals surface area contributed by atoms with Crippen LogP contribution >= 0.6 is 11.6 Å². The molecule has 1 amide bonds. The zero-order valence-corrected chi connectivity index (χ0v) is 14.5. The van der Waals surface area contributed by atoms with Crippen LogP contribution in [0.25, 0.3) is 0 Å². The van der Waals surface area contributed by atoms with E-state index < -0.39 is 0 Å². The molecular weight excluding hydrogens is 324 g/mol. The highest BCUT2D eigenvalue weighted by Gasteiger charge is 2.28. The first-order valence-electron chi connectivity index (χ1n) is 8.29. The van der Waals surface area contributed by atoms with Gasteiger partial charge < -0.3 is 9.80 Å². The summed E-state index contributed by atoms with van der Waals surface area (Å²) in [5.74, 6) is 1.02. The van der Waals surface area contributed by atoms with Gasteiger partial charge in [0.15, 0.2) is 0 Å². The summed E-state index contributed by atoms with van der Waals surface area (Å²) in [6.07, 6.45) is 3.99. The summed E-state index contributed by atoms with van der Waals surface area (Å²) in [4.78, 5) is 24.8. The number of anilines is 2. The van der Waals surface area contributed by atoms with Crippen LogP contribution in [0.5, 0.6) is 0 Å². The van der Waals surface area contributed by atoms with E-state index in [9.17, 15) is 4.79 Å². The van der Waals surface area contributed by atoms with E-state index in [2.05, 4.69) is 14.9 Å². The monoisotopic (exact) mass is 344 g/mol. The minimum atomic E-state index is 0.171. The lowest BCUT2D eigenvalue weighted by Gasteiger charge is -2.39. The molecule has 0 spiro atoms. The van der Waals surface area contributed by atoms with Crippen molar-refractivity contribution in [1.82, 2.24) is 9.97 Å². The van der Waals surface area contributed by atoms with Crippen molar-refractivity contribution >= 4 is 29.0 Å². The van der Waals surface area contributed by atoms with Crippen LogP contribution in [-0.4, -0.2) is 35.0 Å². The first-order valence-corrected chi connectivity index (χ1v) is 8.67. The Morgan fingerprint density at radius 1 is 1.25 bits per heavy atom. The molecule has 1 aliphatic heterocycles. The Bertz CT molecular complexity index is 686. The van der Waals surface area contributed by atoms with Crippen molar-refractivity contribution in [2.24, 2.45) is 0 Å². The molecule has 0 saturated carbocycles. The average Bonchev–Trinajstić information content (AvgIpc) is 2.63. The zero-order chi connectivity index (χ0) is 16.9. The third kappa shape index (κ3) is 3.67. The fourth-order valence-corrected chi connectivity index (χ4v) is 3.32. The van der Waals surface area contributed by atoms with Crippen LogP contribution in [0, 0.1) is 0 Å². The molecule has 3 rings (SSSR count). The molecule has 1 aromatic carbocycles. The van der Waals surface area contributed by atoms with Gasteiger partial charge in [0.1, 0.15) is 5.82 Å². The minimum Gasteiger partial charge on any atom is -0.356 e. The first kappa shape index (κ1) is 16.7. The summed E-state index contributed by atoms with van der Waals surface area (Å²) in [6, 6.07) is 12.0. The van der Waals surface area contributed by atoms with Crippen molar-refractivity contribution in [2.45, 2.75) is 32.2 Å². The second-order valence-corrected chi connectivity index (χ2v) is 6.19. The van der Waals surface area contributed by atoms with Gasteiger partial charge in [-0.15, -0.1) is 0 Å². The summed E-state index contributed by atoms with van der Waals surface area (Å²) in [5.41, 5.74) is 0.980. The molecule has 2 heterocycles. The topological polar surface area (TPSA) is 49.3 Å². The van der Waals surface area contributed by atoms with E-state index in [-0.39, 0.29) is 17.2 Å². The molecule has 1 saturated heterocycles. The molecule has 6 heteroatoms. The Labute approximate surface area is 147 Å². The third-order valence-electron chi connectivity index (χ3n) is 4.37. The number of hydrogen-bond acceptors (Lipinski definition) is 4. The number of rotatable bonds is 4.